The van der Waals surface area contributed by atoms with Crippen molar-refractivity contribution >= 4 is 0 Å². The maximum Gasteiger partial charge on any atom is 0.573 e. The highest BCUT2D eigenvalue weighted by molar-refractivity contribution is 5.33. The first-order valence-corrected chi connectivity index (χ1v) is 5.10. The van der Waals surface area contributed by atoms with Crippen LogP contribution in [0.5, 0.6) is 5.75 Å². The van der Waals surface area contributed by atoms with Gasteiger partial charge in [-0.2, -0.15) is 0 Å². The van der Waals surface area contributed by atoms with Crippen LogP contribution in [-0.4, -0.2) is 24.1 Å². The Balaban J connectivity index is 2.71. The molecule has 17 heavy (non-hydrogen) atoms. The van der Waals surface area contributed by atoms with E-state index in [0.717, 1.165) is 0 Å². The molecule has 1 atom stereocenters. The zero-order valence-corrected chi connectivity index (χ0v) is 9.29. The summed E-state index contributed by atoms with van der Waals surface area (Å²) in [6, 6.07) is 5.71. The Hall–Kier alpha value is -1.27. The second-order valence-corrected chi connectivity index (χ2v) is 3.62. The van der Waals surface area contributed by atoms with Gasteiger partial charge in [0.1, 0.15) is 5.75 Å². The molecule has 1 aromatic carbocycles. The first kappa shape index (κ1) is 13.8. The molecule has 0 unspecified atom stereocenters. The van der Waals surface area contributed by atoms with Crippen LogP contribution in [0.1, 0.15) is 12.5 Å². The van der Waals surface area contributed by atoms with Gasteiger partial charge in [0, 0.05) is 18.2 Å². The fraction of sp³-hybridized carbons (Fsp3) is 0.455. The molecule has 0 amide bonds. The minimum atomic E-state index is -4.70. The third kappa shape index (κ3) is 5.06. The Bertz CT molecular complexity index is 355. The number of aliphatic hydroxyl groups is 1. The standard InChI is InChI=1S/C11H14F3NO2/c1-8(7-16)15-6-9-4-2-3-5-10(9)17-11(12,13)14/h2-5,8,15-16H,6-7H2,1H3/t8-/m1/s1. The zero-order chi connectivity index (χ0) is 12.9. The SMILES string of the molecule is C[C@H](CO)NCc1ccccc1OC(F)(F)F. The highest BCUT2D eigenvalue weighted by atomic mass is 19.4. The van der Waals surface area contributed by atoms with E-state index in [1.165, 1.54) is 18.2 Å². The minimum Gasteiger partial charge on any atom is -0.405 e. The quantitative estimate of drug-likeness (QED) is 0.839. The average Bonchev–Trinajstić information content (AvgIpc) is 2.25. The van der Waals surface area contributed by atoms with Gasteiger partial charge in [-0.1, -0.05) is 18.2 Å². The first-order chi connectivity index (χ1) is 7.92. The van der Waals surface area contributed by atoms with Crippen LogP contribution < -0.4 is 10.1 Å². The fourth-order valence-electron chi connectivity index (χ4n) is 1.22. The normalized spacial score (nSPS) is 13.5. The van der Waals surface area contributed by atoms with Gasteiger partial charge in [-0.05, 0) is 13.0 Å². The van der Waals surface area contributed by atoms with Crippen molar-refractivity contribution in [2.75, 3.05) is 6.61 Å². The molecule has 0 saturated carbocycles. The second-order valence-electron chi connectivity index (χ2n) is 3.62. The summed E-state index contributed by atoms with van der Waals surface area (Å²) in [5.74, 6) is -0.224. The summed E-state index contributed by atoms with van der Waals surface area (Å²) in [6.45, 7) is 1.85. The van der Waals surface area contributed by atoms with Crippen molar-refractivity contribution in [2.24, 2.45) is 0 Å². The summed E-state index contributed by atoms with van der Waals surface area (Å²) in [7, 11) is 0. The Morgan fingerprint density at radius 3 is 2.59 bits per heavy atom. The highest BCUT2D eigenvalue weighted by Crippen LogP contribution is 2.26. The number of benzene rings is 1. The van der Waals surface area contributed by atoms with Crippen LogP contribution in [0.4, 0.5) is 13.2 Å². The molecular formula is C11H14F3NO2. The molecule has 0 heterocycles. The van der Waals surface area contributed by atoms with Crippen LogP contribution >= 0.6 is 0 Å². The summed E-state index contributed by atoms with van der Waals surface area (Å²) in [5, 5.41) is 11.7. The highest BCUT2D eigenvalue weighted by Gasteiger charge is 2.31. The van der Waals surface area contributed by atoms with Gasteiger partial charge in [0.05, 0.1) is 6.61 Å². The maximum absolute atomic E-state index is 12.1. The molecular weight excluding hydrogens is 235 g/mol. The van der Waals surface area contributed by atoms with Crippen molar-refractivity contribution in [1.29, 1.82) is 0 Å². The lowest BCUT2D eigenvalue weighted by atomic mass is 10.2. The van der Waals surface area contributed by atoms with E-state index >= 15 is 0 Å². The van der Waals surface area contributed by atoms with Gasteiger partial charge >= 0.3 is 6.36 Å². The van der Waals surface area contributed by atoms with Gasteiger partial charge < -0.3 is 15.2 Å². The molecule has 0 radical (unpaired) electrons. The predicted octanol–water partition coefficient (Wildman–Crippen LogP) is 2.06. The van der Waals surface area contributed by atoms with E-state index in [2.05, 4.69) is 10.1 Å². The molecule has 0 saturated heterocycles. The maximum atomic E-state index is 12.1. The number of alkyl halides is 3. The zero-order valence-electron chi connectivity index (χ0n) is 9.29. The van der Waals surface area contributed by atoms with Crippen LogP contribution in [-0.2, 0) is 6.54 Å². The molecule has 96 valence electrons. The largest absolute Gasteiger partial charge is 0.573 e. The number of aliphatic hydroxyl groups excluding tert-OH is 1. The summed E-state index contributed by atoms with van der Waals surface area (Å²) < 4.78 is 40.2. The fourth-order valence-corrected chi connectivity index (χ4v) is 1.22. The molecule has 0 aromatic heterocycles. The molecule has 0 aliphatic carbocycles. The van der Waals surface area contributed by atoms with Gasteiger partial charge in [0.15, 0.2) is 0 Å². The van der Waals surface area contributed by atoms with Gasteiger partial charge in [0.25, 0.3) is 0 Å². The van der Waals surface area contributed by atoms with E-state index in [4.69, 9.17) is 5.11 Å². The number of ether oxygens (including phenoxy) is 1. The lowest BCUT2D eigenvalue weighted by molar-refractivity contribution is -0.274. The lowest BCUT2D eigenvalue weighted by Crippen LogP contribution is -2.29. The molecule has 0 aliphatic heterocycles. The van der Waals surface area contributed by atoms with E-state index < -0.39 is 6.36 Å². The third-order valence-electron chi connectivity index (χ3n) is 2.11. The van der Waals surface area contributed by atoms with Crippen molar-refractivity contribution in [1.82, 2.24) is 5.32 Å². The summed E-state index contributed by atoms with van der Waals surface area (Å²) >= 11 is 0. The van der Waals surface area contributed by atoms with E-state index in [1.54, 1.807) is 13.0 Å². The van der Waals surface area contributed by atoms with Crippen molar-refractivity contribution in [3.8, 4) is 5.75 Å². The second kappa shape index (κ2) is 5.88. The van der Waals surface area contributed by atoms with Crippen molar-refractivity contribution < 1.29 is 23.0 Å². The number of hydrogen-bond donors (Lipinski definition) is 2. The average molecular weight is 249 g/mol. The monoisotopic (exact) mass is 249 g/mol. The number of halogens is 3. The molecule has 1 aromatic rings. The van der Waals surface area contributed by atoms with Crippen LogP contribution in [0.25, 0.3) is 0 Å². The Labute approximate surface area is 97.2 Å². The smallest absolute Gasteiger partial charge is 0.405 e. The molecule has 2 N–H and O–H groups in total. The molecule has 1 rings (SSSR count). The minimum absolute atomic E-state index is 0.0811. The number of hydrogen-bond acceptors (Lipinski definition) is 3. The van der Waals surface area contributed by atoms with E-state index in [-0.39, 0.29) is 24.9 Å². The number of rotatable bonds is 5. The molecule has 0 spiro atoms. The first-order valence-electron chi connectivity index (χ1n) is 5.10. The Morgan fingerprint density at radius 1 is 1.35 bits per heavy atom. The summed E-state index contributed by atoms with van der Waals surface area (Å²) in [6.07, 6.45) is -4.70. The topological polar surface area (TPSA) is 41.5 Å². The van der Waals surface area contributed by atoms with Crippen LogP contribution in [0.15, 0.2) is 24.3 Å². The van der Waals surface area contributed by atoms with E-state index in [0.29, 0.717) is 5.56 Å². The van der Waals surface area contributed by atoms with E-state index in [9.17, 15) is 13.2 Å². The van der Waals surface area contributed by atoms with Gasteiger partial charge in [-0.15, -0.1) is 13.2 Å². The Morgan fingerprint density at radius 2 is 2.00 bits per heavy atom. The van der Waals surface area contributed by atoms with Crippen molar-refractivity contribution in [3.05, 3.63) is 29.8 Å². The molecule has 0 aliphatic rings. The molecule has 0 bridgehead atoms. The Kier molecular flexibility index (Phi) is 4.77. The van der Waals surface area contributed by atoms with Gasteiger partial charge in [-0.25, -0.2) is 0 Å². The van der Waals surface area contributed by atoms with Crippen LogP contribution in [0.2, 0.25) is 0 Å². The molecule has 6 heteroatoms. The van der Waals surface area contributed by atoms with Gasteiger partial charge in [-0.3, -0.25) is 0 Å². The van der Waals surface area contributed by atoms with Crippen molar-refractivity contribution in [2.45, 2.75) is 25.9 Å². The summed E-state index contributed by atoms with van der Waals surface area (Å²) in [4.78, 5) is 0. The molecule has 0 fully saturated rings. The van der Waals surface area contributed by atoms with E-state index in [1.807, 2.05) is 0 Å². The predicted molar refractivity (Wildman–Crippen MR) is 56.5 cm³/mol. The van der Waals surface area contributed by atoms with Crippen molar-refractivity contribution in [3.63, 3.8) is 0 Å². The number of nitrogens with one attached hydrogen (secondary N) is 1. The van der Waals surface area contributed by atoms with Crippen LogP contribution in [0.3, 0.4) is 0 Å². The number of para-hydroxylation sites is 1. The van der Waals surface area contributed by atoms with Crippen LogP contribution in [0, 0.1) is 0 Å². The third-order valence-corrected chi connectivity index (χ3v) is 2.11. The lowest BCUT2D eigenvalue weighted by Gasteiger charge is -2.15. The molecule has 3 nitrogen and oxygen atoms in total. The summed E-state index contributed by atoms with van der Waals surface area (Å²) in [5.41, 5.74) is 0.394. The van der Waals surface area contributed by atoms with Gasteiger partial charge in [0.2, 0.25) is 0 Å².